The Hall–Kier alpha value is -5.39. The predicted molar refractivity (Wildman–Crippen MR) is 157 cm³/mol. The summed E-state index contributed by atoms with van der Waals surface area (Å²) in [6.07, 6.45) is -3.90. The van der Waals surface area contributed by atoms with E-state index in [1.165, 1.54) is 25.7 Å². The summed E-state index contributed by atoms with van der Waals surface area (Å²) in [5.74, 6) is -4.80. The van der Waals surface area contributed by atoms with Gasteiger partial charge in [-0.3, -0.25) is 9.69 Å². The number of ether oxygens (including phenoxy) is 3. The Morgan fingerprint density at radius 1 is 0.891 bits per heavy atom. The Balaban J connectivity index is 1.65. The minimum atomic E-state index is -4.66. The van der Waals surface area contributed by atoms with Crippen LogP contribution < -0.4 is 0 Å². The summed E-state index contributed by atoms with van der Waals surface area (Å²) in [6, 6.07) is 18.9. The van der Waals surface area contributed by atoms with Crippen molar-refractivity contribution >= 4 is 23.9 Å². The number of rotatable bonds is 7. The van der Waals surface area contributed by atoms with Crippen molar-refractivity contribution in [2.75, 3.05) is 0 Å². The second-order valence-electron chi connectivity index (χ2n) is 11.0. The first kappa shape index (κ1) is 32.0. The number of cyclic esters (lactones) is 1. The van der Waals surface area contributed by atoms with Gasteiger partial charge in [-0.15, -0.1) is 0 Å². The van der Waals surface area contributed by atoms with Gasteiger partial charge < -0.3 is 14.2 Å². The first-order chi connectivity index (χ1) is 21.7. The zero-order valence-corrected chi connectivity index (χ0v) is 25.0. The lowest BCUT2D eigenvalue weighted by Crippen LogP contribution is -2.52. The van der Waals surface area contributed by atoms with Crippen molar-refractivity contribution in [3.05, 3.63) is 130 Å². The van der Waals surface area contributed by atoms with Crippen LogP contribution in [-0.2, 0) is 47.9 Å². The van der Waals surface area contributed by atoms with Crippen molar-refractivity contribution in [1.82, 2.24) is 9.80 Å². The van der Waals surface area contributed by atoms with E-state index in [4.69, 9.17) is 14.2 Å². The molecule has 3 amide bonds. The van der Waals surface area contributed by atoms with E-state index in [0.717, 1.165) is 30.3 Å². The normalized spacial score (nSPS) is 18.8. The van der Waals surface area contributed by atoms with E-state index in [1.54, 1.807) is 60.7 Å². The molecule has 1 atom stereocenters. The number of carbonyl (C=O) groups is 4. The first-order valence-corrected chi connectivity index (χ1v) is 14.2. The van der Waals surface area contributed by atoms with Gasteiger partial charge in [0.2, 0.25) is 11.5 Å². The van der Waals surface area contributed by atoms with Gasteiger partial charge in [0.15, 0.2) is 0 Å². The van der Waals surface area contributed by atoms with Gasteiger partial charge in [-0.25, -0.2) is 19.3 Å². The minimum absolute atomic E-state index is 0.0220. The first-order valence-electron chi connectivity index (χ1n) is 14.2. The maximum absolute atomic E-state index is 14.2. The summed E-state index contributed by atoms with van der Waals surface area (Å²) >= 11 is 0. The van der Waals surface area contributed by atoms with Gasteiger partial charge in [-0.2, -0.15) is 13.2 Å². The van der Waals surface area contributed by atoms with Crippen LogP contribution in [0.15, 0.2) is 108 Å². The molecule has 3 aromatic rings. The zero-order chi connectivity index (χ0) is 33.2. The van der Waals surface area contributed by atoms with Crippen molar-refractivity contribution in [2.45, 2.75) is 51.9 Å². The van der Waals surface area contributed by atoms with Crippen molar-refractivity contribution in [2.24, 2.45) is 0 Å². The third kappa shape index (κ3) is 6.80. The molecule has 3 aromatic carbocycles. The maximum Gasteiger partial charge on any atom is 0.416 e. The van der Waals surface area contributed by atoms with Gasteiger partial charge in [-0.1, -0.05) is 72.8 Å². The van der Waals surface area contributed by atoms with Crippen LogP contribution in [0.1, 0.15) is 49.1 Å². The van der Waals surface area contributed by atoms with Gasteiger partial charge in [0, 0.05) is 19.5 Å². The van der Waals surface area contributed by atoms with E-state index >= 15 is 0 Å². The molecule has 2 aliphatic heterocycles. The fraction of sp³-hybridized carbons (Fsp3) is 0.235. The van der Waals surface area contributed by atoms with E-state index in [2.05, 4.69) is 0 Å². The molecule has 1 fully saturated rings. The highest BCUT2D eigenvalue weighted by atomic mass is 19.4. The molecule has 5 rings (SSSR count). The SMILES string of the molecule is CC1=C(C(=O)OCc2ccccc2)C(c2ccc(C(F)(F)F)cc2)N(C(=O)/C=C2\OC(C)(C)OC2=O)C(=O)N1Cc1ccccc1. The number of amides is 3. The standard InChI is InChI=1S/C34H29F3N2O7/c1-21-28(31(42)44-20-23-12-8-5-9-13-23)29(24-14-16-25(17-15-24)34(35,36)37)39(27(40)18-26-30(41)46-33(2,3)45-26)32(43)38(21)19-22-10-6-4-7-11-22/h4-18,29H,19-20H2,1-3H3/b26-18-. The molecule has 12 heteroatoms. The smallest absolute Gasteiger partial charge is 0.416 e. The molecule has 238 valence electrons. The van der Waals surface area contributed by atoms with Crippen LogP contribution in [0.3, 0.4) is 0 Å². The highest BCUT2D eigenvalue weighted by Gasteiger charge is 2.46. The van der Waals surface area contributed by atoms with Crippen molar-refractivity contribution in [3.8, 4) is 0 Å². The topological polar surface area (TPSA) is 102 Å². The number of hydrogen-bond acceptors (Lipinski definition) is 7. The number of carbonyl (C=O) groups excluding carboxylic acids is 4. The number of imide groups is 1. The van der Waals surface area contributed by atoms with Crippen LogP contribution >= 0.6 is 0 Å². The minimum Gasteiger partial charge on any atom is -0.457 e. The van der Waals surface area contributed by atoms with Gasteiger partial charge in [0.05, 0.1) is 23.8 Å². The fourth-order valence-corrected chi connectivity index (χ4v) is 5.13. The van der Waals surface area contributed by atoms with Crippen LogP contribution in [0.4, 0.5) is 18.0 Å². The van der Waals surface area contributed by atoms with Gasteiger partial charge >= 0.3 is 24.1 Å². The molecule has 0 spiro atoms. The molecule has 0 aromatic heterocycles. The highest BCUT2D eigenvalue weighted by Crippen LogP contribution is 2.40. The monoisotopic (exact) mass is 634 g/mol. The summed E-state index contributed by atoms with van der Waals surface area (Å²) in [5.41, 5.74) is 0.344. The van der Waals surface area contributed by atoms with E-state index in [0.29, 0.717) is 16.0 Å². The summed E-state index contributed by atoms with van der Waals surface area (Å²) in [6.45, 7) is 4.17. The molecule has 46 heavy (non-hydrogen) atoms. The number of esters is 2. The summed E-state index contributed by atoms with van der Waals surface area (Å²) < 4.78 is 56.6. The Bertz CT molecular complexity index is 1720. The molecule has 1 saturated heterocycles. The number of allylic oxidation sites excluding steroid dienone is 1. The van der Waals surface area contributed by atoms with E-state index in [-0.39, 0.29) is 30.0 Å². The highest BCUT2D eigenvalue weighted by molar-refractivity contribution is 6.07. The molecule has 0 radical (unpaired) electrons. The van der Waals surface area contributed by atoms with E-state index in [1.807, 2.05) is 0 Å². The van der Waals surface area contributed by atoms with Crippen LogP contribution in [0.2, 0.25) is 0 Å². The molecule has 9 nitrogen and oxygen atoms in total. The third-order valence-corrected chi connectivity index (χ3v) is 7.32. The van der Waals surface area contributed by atoms with Crippen LogP contribution in [0, 0.1) is 0 Å². The summed E-state index contributed by atoms with van der Waals surface area (Å²) in [7, 11) is 0. The zero-order valence-electron chi connectivity index (χ0n) is 25.0. The molecular weight excluding hydrogens is 605 g/mol. The van der Waals surface area contributed by atoms with Crippen molar-refractivity contribution < 1.29 is 46.6 Å². The van der Waals surface area contributed by atoms with E-state index in [9.17, 15) is 32.3 Å². The molecule has 0 saturated carbocycles. The second-order valence-corrected chi connectivity index (χ2v) is 11.0. The molecule has 2 heterocycles. The van der Waals surface area contributed by atoms with Crippen molar-refractivity contribution in [3.63, 3.8) is 0 Å². The van der Waals surface area contributed by atoms with Gasteiger partial charge in [0.1, 0.15) is 12.6 Å². The number of halogens is 3. The lowest BCUT2D eigenvalue weighted by atomic mass is 9.92. The van der Waals surface area contributed by atoms with Crippen LogP contribution in [0.25, 0.3) is 0 Å². The second kappa shape index (κ2) is 12.5. The summed E-state index contributed by atoms with van der Waals surface area (Å²) in [5, 5.41) is 0. The molecule has 0 bridgehead atoms. The Morgan fingerprint density at radius 2 is 1.48 bits per heavy atom. The number of nitrogens with zero attached hydrogens (tertiary/aromatic N) is 2. The van der Waals surface area contributed by atoms with Crippen LogP contribution in [-0.4, -0.2) is 39.5 Å². The molecular formula is C34H29F3N2O7. The van der Waals surface area contributed by atoms with Crippen molar-refractivity contribution in [1.29, 1.82) is 0 Å². The average molecular weight is 635 g/mol. The number of hydrogen-bond donors (Lipinski definition) is 0. The molecule has 0 N–H and O–H groups in total. The maximum atomic E-state index is 14.2. The number of urea groups is 1. The Kier molecular flexibility index (Phi) is 8.73. The number of alkyl halides is 3. The lowest BCUT2D eigenvalue weighted by molar-refractivity contribution is -0.159. The molecule has 1 unspecified atom stereocenters. The fourth-order valence-electron chi connectivity index (χ4n) is 5.13. The third-order valence-electron chi connectivity index (χ3n) is 7.32. The summed E-state index contributed by atoms with van der Waals surface area (Å²) in [4.78, 5) is 56.4. The van der Waals surface area contributed by atoms with Gasteiger partial charge in [0.25, 0.3) is 5.91 Å². The molecule has 0 aliphatic carbocycles. The Morgan fingerprint density at radius 3 is 2.02 bits per heavy atom. The Labute approximate surface area is 262 Å². The quantitative estimate of drug-likeness (QED) is 0.218. The largest absolute Gasteiger partial charge is 0.457 e. The molecule has 2 aliphatic rings. The van der Waals surface area contributed by atoms with E-state index < -0.39 is 53.2 Å². The lowest BCUT2D eigenvalue weighted by Gasteiger charge is -2.41. The van der Waals surface area contributed by atoms with Crippen LogP contribution in [0.5, 0.6) is 0 Å². The van der Waals surface area contributed by atoms with Gasteiger partial charge in [-0.05, 0) is 35.7 Å². The average Bonchev–Trinajstić information content (AvgIpc) is 3.28. The predicted octanol–water partition coefficient (Wildman–Crippen LogP) is 6.42. The number of benzene rings is 3.